The number of nitrogens with zero attached hydrogens (tertiary/aromatic N) is 3. The van der Waals surface area contributed by atoms with Crippen molar-refractivity contribution in [3.05, 3.63) is 68.8 Å². The Kier molecular flexibility index (Phi) is 19.3. The molecule has 0 unspecified atom stereocenters. The van der Waals surface area contributed by atoms with Crippen LogP contribution in [0.4, 0.5) is 0 Å². The van der Waals surface area contributed by atoms with Gasteiger partial charge < -0.3 is 48.0 Å². The molecule has 366 valence electrons. The minimum absolute atomic E-state index is 0.0226. The van der Waals surface area contributed by atoms with Gasteiger partial charge in [0.1, 0.15) is 18.1 Å². The van der Waals surface area contributed by atoms with Crippen molar-refractivity contribution in [3.63, 3.8) is 0 Å². The van der Waals surface area contributed by atoms with Crippen LogP contribution in [0.5, 0.6) is 0 Å². The van der Waals surface area contributed by atoms with Crippen molar-refractivity contribution in [2.75, 3.05) is 33.7 Å². The first-order valence-electron chi connectivity index (χ1n) is 24.7. The summed E-state index contributed by atoms with van der Waals surface area (Å²) in [5.41, 5.74) is 32.1. The van der Waals surface area contributed by atoms with Crippen LogP contribution in [0.25, 0.3) is 33.7 Å². The minimum Gasteiger partial charge on any atom is -0.355 e. The van der Waals surface area contributed by atoms with Gasteiger partial charge in [-0.05, 0) is 182 Å². The normalized spacial score (nSPS) is 16.0. The van der Waals surface area contributed by atoms with Gasteiger partial charge in [-0.3, -0.25) is 24.2 Å². The third-order valence-corrected chi connectivity index (χ3v) is 13.8. The highest BCUT2D eigenvalue weighted by molar-refractivity contribution is 5.94. The molecule has 5 rings (SSSR count). The van der Waals surface area contributed by atoms with Crippen LogP contribution >= 0.6 is 0 Å². The quantitative estimate of drug-likeness (QED) is 0.0482. The lowest BCUT2D eigenvalue weighted by molar-refractivity contribution is -0.136. The zero-order valence-corrected chi connectivity index (χ0v) is 41.7. The molecule has 67 heavy (non-hydrogen) atoms. The molecule has 8 bridgehead atoms. The number of allylic oxidation sites excluding steroid dienone is 1. The number of aromatic amines is 2. The number of nitrogens with one attached hydrogen (secondary N) is 5. The van der Waals surface area contributed by atoms with Gasteiger partial charge in [0, 0.05) is 65.8 Å². The molecule has 3 aromatic rings. The molecule has 5 heterocycles. The summed E-state index contributed by atoms with van der Waals surface area (Å²) in [4.78, 5) is 74.6. The molecule has 5 atom stereocenters. The summed E-state index contributed by atoms with van der Waals surface area (Å²) >= 11 is 0. The van der Waals surface area contributed by atoms with Crippen molar-refractivity contribution < 1.29 is 19.2 Å². The van der Waals surface area contributed by atoms with E-state index < -0.39 is 29.9 Å². The van der Waals surface area contributed by atoms with E-state index in [0.717, 1.165) is 68.8 Å². The fraction of sp³-hybridized carbons (Fsp3) is 0.577. The van der Waals surface area contributed by atoms with Crippen molar-refractivity contribution in [2.45, 2.75) is 162 Å². The second-order valence-corrected chi connectivity index (χ2v) is 18.8. The molecule has 0 saturated heterocycles. The van der Waals surface area contributed by atoms with Crippen LogP contribution in [0.3, 0.4) is 0 Å². The molecule has 0 radical (unpaired) electrons. The molecule has 0 aliphatic carbocycles. The first kappa shape index (κ1) is 52.6. The molecule has 2 aliphatic rings. The number of rotatable bonds is 23. The van der Waals surface area contributed by atoms with E-state index in [0.29, 0.717) is 83.8 Å². The van der Waals surface area contributed by atoms with E-state index in [-0.39, 0.29) is 30.1 Å². The third kappa shape index (κ3) is 13.0. The molecular formula is C52H79N11O4. The van der Waals surface area contributed by atoms with E-state index in [2.05, 4.69) is 98.7 Å². The highest BCUT2D eigenvalue weighted by Crippen LogP contribution is 2.42. The van der Waals surface area contributed by atoms with Gasteiger partial charge in [0.25, 0.3) is 0 Å². The maximum Gasteiger partial charge on any atom is 0.244 e. The Morgan fingerprint density at radius 3 is 1.72 bits per heavy atom. The van der Waals surface area contributed by atoms with E-state index in [1.165, 1.54) is 27.2 Å². The van der Waals surface area contributed by atoms with Gasteiger partial charge in [0.15, 0.2) is 0 Å². The van der Waals surface area contributed by atoms with Crippen molar-refractivity contribution in [2.24, 2.45) is 17.2 Å². The first-order valence-corrected chi connectivity index (χ1v) is 24.7. The Morgan fingerprint density at radius 2 is 1.18 bits per heavy atom. The number of hydrogen-bond acceptors (Lipinski definition) is 9. The van der Waals surface area contributed by atoms with E-state index in [4.69, 9.17) is 27.2 Å². The molecule has 4 amide bonds. The molecule has 0 fully saturated rings. The average molecular weight is 922 g/mol. The zero-order valence-electron chi connectivity index (χ0n) is 41.7. The van der Waals surface area contributed by atoms with Crippen LogP contribution in [-0.4, -0.2) is 100 Å². The molecular weight excluding hydrogens is 843 g/mol. The van der Waals surface area contributed by atoms with E-state index >= 15 is 0 Å². The molecule has 15 heteroatoms. The Balaban J connectivity index is 1.45. The minimum atomic E-state index is -0.935. The van der Waals surface area contributed by atoms with Crippen molar-refractivity contribution in [1.82, 2.24) is 40.8 Å². The Labute approximate surface area is 397 Å². The average Bonchev–Trinajstić information content (AvgIpc) is 4.01. The van der Waals surface area contributed by atoms with Crippen molar-refractivity contribution >= 4 is 57.3 Å². The first-order chi connectivity index (χ1) is 32.1. The summed E-state index contributed by atoms with van der Waals surface area (Å²) in [7, 11) is 3.29. The number of aryl methyl sites for hydroxylation is 4. The van der Waals surface area contributed by atoms with E-state index in [9.17, 15) is 19.2 Å². The number of aromatic nitrogens is 4. The molecule has 3 aromatic heterocycles. The van der Waals surface area contributed by atoms with Crippen LogP contribution in [0.15, 0.2) is 18.2 Å². The SMILES string of the molecule is CCc1c(C)c2cc3[nH]c(cc4nc(c(C)c5nc(cc1[nH]2)C(C)=C5)[C@@H](CCC(=O)N[C@@H](CCCCN)C(=O)N[C@@H](CCCCN)C(=O)N[C@@H](CCCCN)C(=O)N(C)C)[C@@H]4C)c(C)c3CC. The second-order valence-electron chi connectivity index (χ2n) is 18.8. The number of amides is 4. The summed E-state index contributed by atoms with van der Waals surface area (Å²) in [6.45, 7) is 16.4. The lowest BCUT2D eigenvalue weighted by Crippen LogP contribution is -2.56. The number of nitrogens with two attached hydrogens (primary N) is 3. The Bertz CT molecular complexity index is 2430. The topological polar surface area (TPSA) is 243 Å². The highest BCUT2D eigenvalue weighted by atomic mass is 16.2. The third-order valence-electron chi connectivity index (χ3n) is 13.8. The summed E-state index contributed by atoms with van der Waals surface area (Å²) in [5.74, 6) is -1.55. The predicted molar refractivity (Wildman–Crippen MR) is 271 cm³/mol. The van der Waals surface area contributed by atoms with Crippen molar-refractivity contribution in [3.8, 4) is 0 Å². The Morgan fingerprint density at radius 1 is 0.672 bits per heavy atom. The highest BCUT2D eigenvalue weighted by Gasteiger charge is 2.33. The molecule has 15 nitrogen and oxygen atoms in total. The van der Waals surface area contributed by atoms with E-state index in [1.54, 1.807) is 14.1 Å². The van der Waals surface area contributed by atoms with Crippen LogP contribution in [-0.2, 0) is 32.0 Å². The summed E-state index contributed by atoms with van der Waals surface area (Å²) in [6, 6.07) is 3.95. The predicted octanol–water partition coefficient (Wildman–Crippen LogP) is 6.52. The smallest absolute Gasteiger partial charge is 0.244 e. The van der Waals surface area contributed by atoms with E-state index in [1.807, 2.05) is 0 Å². The maximum absolute atomic E-state index is 14.2. The number of unbranched alkanes of at least 4 members (excludes halogenated alkanes) is 3. The maximum atomic E-state index is 14.2. The fourth-order valence-electron chi connectivity index (χ4n) is 9.59. The van der Waals surface area contributed by atoms with Crippen LogP contribution in [0, 0.1) is 20.8 Å². The number of H-pyrrole nitrogens is 2. The van der Waals surface area contributed by atoms with Gasteiger partial charge >= 0.3 is 0 Å². The largest absolute Gasteiger partial charge is 0.355 e. The molecule has 11 N–H and O–H groups in total. The van der Waals surface area contributed by atoms with Gasteiger partial charge in [-0.15, -0.1) is 0 Å². The summed E-state index contributed by atoms with van der Waals surface area (Å²) in [6.07, 6.45) is 9.48. The van der Waals surface area contributed by atoms with Crippen molar-refractivity contribution in [1.29, 1.82) is 0 Å². The number of likely N-dealkylation sites (N-methyl/N-ethyl adjacent to an activating group) is 1. The van der Waals surface area contributed by atoms with Gasteiger partial charge in [-0.2, -0.15) is 0 Å². The number of carbonyl (C=O) groups excluding carboxylic acids is 4. The summed E-state index contributed by atoms with van der Waals surface area (Å²) < 4.78 is 0. The fourth-order valence-corrected chi connectivity index (χ4v) is 9.59. The Hall–Kier alpha value is -5.38. The van der Waals surface area contributed by atoms with Gasteiger partial charge in [-0.1, -0.05) is 20.8 Å². The zero-order chi connectivity index (χ0) is 48.9. The lowest BCUT2D eigenvalue weighted by atomic mass is 9.85. The molecule has 0 spiro atoms. The monoisotopic (exact) mass is 922 g/mol. The van der Waals surface area contributed by atoms with Crippen LogP contribution < -0.4 is 33.2 Å². The van der Waals surface area contributed by atoms with Gasteiger partial charge in [0.05, 0.1) is 11.4 Å². The van der Waals surface area contributed by atoms with Gasteiger partial charge in [0.2, 0.25) is 23.6 Å². The summed E-state index contributed by atoms with van der Waals surface area (Å²) in [5, 5.41) is 8.87. The molecule has 0 saturated carbocycles. The van der Waals surface area contributed by atoms with Gasteiger partial charge in [-0.25, -0.2) is 4.98 Å². The molecule has 2 aliphatic heterocycles. The van der Waals surface area contributed by atoms with Crippen LogP contribution in [0.1, 0.15) is 161 Å². The number of hydrogen-bond donors (Lipinski definition) is 8. The van der Waals surface area contributed by atoms with Crippen LogP contribution in [0.2, 0.25) is 0 Å². The molecule has 0 aromatic carbocycles. The lowest BCUT2D eigenvalue weighted by Gasteiger charge is -2.27. The standard InChI is InChI=1S/C52H79N11O4/c1-10-35-32(5)44-29-47-36(11-2)31(4)43(57-47)28-45-33(6)37(49(60-45)34(7)42-26-30(3)41(56-42)27-46(35)58-44)21-22-48(64)59-38(18-12-15-23-53)50(65)61-39(19-13-16-24-54)51(66)62-40(20-14-17-25-55)52(67)63(8)9/h26-29,33,37-40,57-58H,10-25,53-55H2,1-9H3,(H,59,64)(H,61,65)(H,62,66)/t33-,37-,38-,39-,40-/m0/s1. The number of carbonyl (C=O) groups is 4. The number of fused-ring (bicyclic) bond motifs is 8. The second kappa shape index (κ2) is 24.6.